The van der Waals surface area contributed by atoms with E-state index in [1.807, 2.05) is 0 Å². The van der Waals surface area contributed by atoms with Crippen LogP contribution in [0.5, 0.6) is 0 Å². The van der Waals surface area contributed by atoms with Crippen molar-refractivity contribution < 1.29 is 18.4 Å². The van der Waals surface area contributed by atoms with Crippen molar-refractivity contribution in [3.63, 3.8) is 0 Å². The van der Waals surface area contributed by atoms with E-state index in [1.54, 1.807) is 13.8 Å². The minimum Gasteiger partial charge on any atom is -0.338 e. The maximum atomic E-state index is 13.0. The molecule has 1 fully saturated rings. The zero-order valence-electron chi connectivity index (χ0n) is 11.6. The number of alkyl halides is 1. The second-order valence-electron chi connectivity index (χ2n) is 4.61. The minimum absolute atomic E-state index is 0.153. The summed E-state index contributed by atoms with van der Waals surface area (Å²) in [5, 5.41) is 1.89. The zero-order chi connectivity index (χ0) is 14.4. The highest BCUT2D eigenvalue weighted by Crippen LogP contribution is 2.63. The molecule has 1 amide bonds. The number of hydrogen-bond donors (Lipinski definition) is 1. The number of rotatable bonds is 7. The molecule has 0 bridgehead atoms. The maximum absolute atomic E-state index is 13.0. The van der Waals surface area contributed by atoms with Gasteiger partial charge < -0.3 is 14.4 Å². The van der Waals surface area contributed by atoms with Crippen molar-refractivity contribution in [2.24, 2.45) is 0 Å². The maximum Gasteiger partial charge on any atom is 0.355 e. The van der Waals surface area contributed by atoms with E-state index in [0.717, 1.165) is 19.3 Å². The van der Waals surface area contributed by atoms with Crippen LogP contribution in [0, 0.1) is 0 Å². The lowest BCUT2D eigenvalue weighted by Gasteiger charge is -2.41. The summed E-state index contributed by atoms with van der Waals surface area (Å²) in [4.78, 5) is 11.7. The monoisotopic (exact) mass is 311 g/mol. The summed E-state index contributed by atoms with van der Waals surface area (Å²) in [6.07, 6.45) is 4.07. The SMILES string of the molecule is CCOP(=O)(OCC)C1(NC(=O)CCl)CCCCC1. The van der Waals surface area contributed by atoms with Gasteiger partial charge in [0.2, 0.25) is 5.91 Å². The number of halogens is 1. The fraction of sp³-hybridized carbons (Fsp3) is 0.917. The summed E-state index contributed by atoms with van der Waals surface area (Å²) < 4.78 is 23.9. The van der Waals surface area contributed by atoms with Crippen molar-refractivity contribution in [3.8, 4) is 0 Å². The molecular formula is C12H23ClNO4P. The van der Waals surface area contributed by atoms with Gasteiger partial charge in [-0.15, -0.1) is 11.6 Å². The van der Waals surface area contributed by atoms with Crippen molar-refractivity contribution in [1.82, 2.24) is 5.32 Å². The third kappa shape index (κ3) is 3.94. The zero-order valence-corrected chi connectivity index (χ0v) is 13.3. The van der Waals surface area contributed by atoms with Gasteiger partial charge in [-0.1, -0.05) is 19.3 Å². The predicted molar refractivity (Wildman–Crippen MR) is 75.5 cm³/mol. The molecule has 0 spiro atoms. The van der Waals surface area contributed by atoms with Gasteiger partial charge in [-0.25, -0.2) is 0 Å². The lowest BCUT2D eigenvalue weighted by atomic mass is 9.94. The Labute approximate surface area is 119 Å². The summed E-state index contributed by atoms with van der Waals surface area (Å²) in [5.74, 6) is -0.483. The van der Waals surface area contributed by atoms with Crippen LogP contribution in [0.1, 0.15) is 46.0 Å². The van der Waals surface area contributed by atoms with E-state index in [-0.39, 0.29) is 25.0 Å². The quantitative estimate of drug-likeness (QED) is 0.579. The number of carbonyl (C=O) groups is 1. The fourth-order valence-corrected chi connectivity index (χ4v) is 4.96. The summed E-state index contributed by atoms with van der Waals surface area (Å²) in [7, 11) is -3.38. The topological polar surface area (TPSA) is 64.6 Å². The molecule has 0 atom stereocenters. The number of hydrogen-bond acceptors (Lipinski definition) is 4. The molecule has 1 saturated carbocycles. The van der Waals surface area contributed by atoms with E-state index in [2.05, 4.69) is 5.32 Å². The predicted octanol–water partition coefficient (Wildman–Crippen LogP) is 3.27. The molecule has 0 heterocycles. The number of nitrogens with one attached hydrogen (secondary N) is 1. The van der Waals surface area contributed by atoms with Crippen molar-refractivity contribution in [1.29, 1.82) is 0 Å². The van der Waals surface area contributed by atoms with Gasteiger partial charge in [0.1, 0.15) is 11.2 Å². The lowest BCUT2D eigenvalue weighted by Crippen LogP contribution is -2.50. The first-order valence-electron chi connectivity index (χ1n) is 6.79. The van der Waals surface area contributed by atoms with Gasteiger partial charge in [0, 0.05) is 0 Å². The lowest BCUT2D eigenvalue weighted by molar-refractivity contribution is -0.120. The van der Waals surface area contributed by atoms with Crippen LogP contribution in [0.2, 0.25) is 0 Å². The molecule has 7 heteroatoms. The van der Waals surface area contributed by atoms with Crippen molar-refractivity contribution in [2.75, 3.05) is 19.1 Å². The average molecular weight is 312 g/mol. The number of amides is 1. The number of carbonyl (C=O) groups excluding carboxylic acids is 1. The van der Waals surface area contributed by atoms with Crippen molar-refractivity contribution >= 4 is 25.1 Å². The Kier molecular flexibility index (Phi) is 6.81. The Hall–Kier alpha value is -0.0900. The van der Waals surface area contributed by atoms with E-state index in [4.69, 9.17) is 20.6 Å². The molecule has 0 aromatic heterocycles. The molecule has 0 aliphatic heterocycles. The summed E-state index contributed by atoms with van der Waals surface area (Å²) in [6.45, 7) is 4.11. The fourth-order valence-electron chi connectivity index (χ4n) is 2.52. The molecule has 1 rings (SSSR count). The highest BCUT2D eigenvalue weighted by atomic mass is 35.5. The molecular weight excluding hydrogens is 289 g/mol. The Balaban J connectivity index is 3.04. The van der Waals surface area contributed by atoms with Gasteiger partial charge in [0.05, 0.1) is 13.2 Å². The molecule has 19 heavy (non-hydrogen) atoms. The molecule has 5 nitrogen and oxygen atoms in total. The van der Waals surface area contributed by atoms with Gasteiger partial charge >= 0.3 is 7.60 Å². The van der Waals surface area contributed by atoms with Crippen LogP contribution in [0.25, 0.3) is 0 Å². The standard InChI is InChI=1S/C12H23ClNO4P/c1-3-17-19(16,18-4-2)12(14-11(15)10-13)8-6-5-7-9-12/h3-10H2,1-2H3,(H,14,15). The first kappa shape index (κ1) is 17.0. The first-order valence-corrected chi connectivity index (χ1v) is 8.87. The Bertz CT molecular complexity index is 335. The summed E-state index contributed by atoms with van der Waals surface area (Å²) in [5.41, 5.74) is 0. The van der Waals surface area contributed by atoms with E-state index in [0.29, 0.717) is 12.8 Å². The molecule has 1 aliphatic rings. The van der Waals surface area contributed by atoms with E-state index in [1.165, 1.54) is 0 Å². The molecule has 0 aromatic rings. The van der Waals surface area contributed by atoms with E-state index in [9.17, 15) is 9.36 Å². The van der Waals surface area contributed by atoms with Gasteiger partial charge in [0.25, 0.3) is 0 Å². The molecule has 1 N–H and O–H groups in total. The second-order valence-corrected chi connectivity index (χ2v) is 7.24. The van der Waals surface area contributed by atoms with Crippen LogP contribution in [0.15, 0.2) is 0 Å². The van der Waals surface area contributed by atoms with E-state index >= 15 is 0 Å². The average Bonchev–Trinajstić information content (AvgIpc) is 2.40. The smallest absolute Gasteiger partial charge is 0.338 e. The third-order valence-corrected chi connectivity index (χ3v) is 6.34. The van der Waals surface area contributed by atoms with Gasteiger partial charge in [0.15, 0.2) is 0 Å². The molecule has 0 unspecified atom stereocenters. The van der Waals surface area contributed by atoms with Crippen molar-refractivity contribution in [2.45, 2.75) is 51.2 Å². The molecule has 0 aromatic carbocycles. The molecule has 0 radical (unpaired) electrons. The largest absolute Gasteiger partial charge is 0.355 e. The normalized spacial score (nSPS) is 19.1. The summed E-state index contributed by atoms with van der Waals surface area (Å²) in [6, 6.07) is 0. The van der Waals surface area contributed by atoms with Crippen LogP contribution in [-0.2, 0) is 18.4 Å². The van der Waals surface area contributed by atoms with Gasteiger partial charge in [-0.3, -0.25) is 9.36 Å². The van der Waals surface area contributed by atoms with Crippen LogP contribution in [0.4, 0.5) is 0 Å². The highest BCUT2D eigenvalue weighted by Gasteiger charge is 2.52. The first-order chi connectivity index (χ1) is 9.03. The second kappa shape index (κ2) is 7.63. The molecule has 1 aliphatic carbocycles. The van der Waals surface area contributed by atoms with E-state index < -0.39 is 12.9 Å². The summed E-state index contributed by atoms with van der Waals surface area (Å²) >= 11 is 5.55. The Morgan fingerprint density at radius 3 is 2.16 bits per heavy atom. The van der Waals surface area contributed by atoms with Gasteiger partial charge in [-0.2, -0.15) is 0 Å². The third-order valence-electron chi connectivity index (χ3n) is 3.30. The van der Waals surface area contributed by atoms with Gasteiger partial charge in [-0.05, 0) is 26.7 Å². The molecule has 0 saturated heterocycles. The Morgan fingerprint density at radius 1 is 1.21 bits per heavy atom. The van der Waals surface area contributed by atoms with Crippen LogP contribution in [0.3, 0.4) is 0 Å². The van der Waals surface area contributed by atoms with Crippen LogP contribution in [-0.4, -0.2) is 30.3 Å². The highest BCUT2D eigenvalue weighted by molar-refractivity contribution is 7.55. The Morgan fingerprint density at radius 2 is 1.74 bits per heavy atom. The van der Waals surface area contributed by atoms with Crippen molar-refractivity contribution in [3.05, 3.63) is 0 Å². The molecule has 112 valence electrons. The van der Waals surface area contributed by atoms with Crippen LogP contribution >= 0.6 is 19.2 Å². The van der Waals surface area contributed by atoms with Crippen LogP contribution < -0.4 is 5.32 Å². The minimum atomic E-state index is -3.38.